The van der Waals surface area contributed by atoms with Crippen LogP contribution in [0.3, 0.4) is 0 Å². The van der Waals surface area contributed by atoms with Crippen LogP contribution in [-0.4, -0.2) is 58.0 Å². The molecule has 0 radical (unpaired) electrons. The van der Waals surface area contributed by atoms with Crippen LogP contribution >= 0.6 is 11.6 Å². The first-order chi connectivity index (χ1) is 16.4. The minimum absolute atomic E-state index is 0.0345. The highest BCUT2D eigenvalue weighted by Gasteiger charge is 2.41. The van der Waals surface area contributed by atoms with Gasteiger partial charge in [-0.3, -0.25) is 9.59 Å². The van der Waals surface area contributed by atoms with Crippen molar-refractivity contribution in [2.24, 2.45) is 5.73 Å². The van der Waals surface area contributed by atoms with E-state index in [0.29, 0.717) is 40.7 Å². The van der Waals surface area contributed by atoms with E-state index in [1.165, 1.54) is 0 Å². The maximum Gasteiger partial charge on any atom is 0.320 e. The number of rotatable bonds is 8. The molecule has 2 aromatic rings. The van der Waals surface area contributed by atoms with Crippen LogP contribution in [-0.2, 0) is 29.7 Å². The second-order valence-corrected chi connectivity index (χ2v) is 11.0. The quantitative estimate of drug-likeness (QED) is 0.482. The zero-order valence-electron chi connectivity index (χ0n) is 19.3. The van der Waals surface area contributed by atoms with Crippen molar-refractivity contribution in [1.82, 2.24) is 5.32 Å². The number of carbonyl (C=O) groups is 3. The molecule has 4 N–H and O–H groups in total. The highest BCUT2D eigenvalue weighted by molar-refractivity contribution is 7.90. The Hall–Kier alpha value is -3.15. The highest BCUT2D eigenvalue weighted by Crippen LogP contribution is 2.31. The fraction of sp³-hybridized carbons (Fsp3) is 0.348. The molecule has 0 saturated carbocycles. The molecule has 1 atom stereocenters. The van der Waals surface area contributed by atoms with Crippen molar-refractivity contribution in [3.8, 4) is 0 Å². The van der Waals surface area contributed by atoms with Crippen molar-refractivity contribution >= 4 is 50.7 Å². The third-order valence-electron chi connectivity index (χ3n) is 5.66. The van der Waals surface area contributed by atoms with E-state index < -0.39 is 33.1 Å². The Balaban J connectivity index is 1.98. The fourth-order valence-corrected chi connectivity index (χ4v) is 4.63. The predicted octanol–water partition coefficient (Wildman–Crippen LogP) is 1.95. The second kappa shape index (κ2) is 10.6. The number of benzene rings is 2. The molecule has 188 valence electrons. The lowest BCUT2D eigenvalue weighted by Crippen LogP contribution is -2.56. The summed E-state index contributed by atoms with van der Waals surface area (Å²) in [6.45, 7) is 2.47. The van der Waals surface area contributed by atoms with E-state index in [9.17, 15) is 22.8 Å². The summed E-state index contributed by atoms with van der Waals surface area (Å²) in [5, 5.41) is 5.67. The largest absolute Gasteiger partial charge is 0.370 e. The summed E-state index contributed by atoms with van der Waals surface area (Å²) in [5.74, 6) is -1.53. The molecule has 4 amide bonds. The molecule has 3 rings (SSSR count). The summed E-state index contributed by atoms with van der Waals surface area (Å²) in [6, 6.07) is 10.4. The highest BCUT2D eigenvalue weighted by atomic mass is 35.5. The van der Waals surface area contributed by atoms with Gasteiger partial charge in [0.25, 0.3) is 5.91 Å². The van der Waals surface area contributed by atoms with Crippen LogP contribution in [0, 0.1) is 6.92 Å². The van der Waals surface area contributed by atoms with Crippen molar-refractivity contribution in [1.29, 1.82) is 0 Å². The fourth-order valence-electron chi connectivity index (χ4n) is 3.83. The first kappa shape index (κ1) is 26.5. The number of hydrogen-bond donors (Lipinski definition) is 3. The number of aryl methyl sites for hydroxylation is 1. The third kappa shape index (κ3) is 6.50. The number of hydrogen-bond acceptors (Lipinski definition) is 6. The number of nitrogens with zero attached hydrogens (tertiary/aromatic N) is 1. The molecule has 0 bridgehead atoms. The van der Waals surface area contributed by atoms with Gasteiger partial charge in [0.1, 0.15) is 22.0 Å². The van der Waals surface area contributed by atoms with Crippen LogP contribution in [0.25, 0.3) is 0 Å². The van der Waals surface area contributed by atoms with Gasteiger partial charge in [0, 0.05) is 29.2 Å². The van der Waals surface area contributed by atoms with Gasteiger partial charge in [-0.15, -0.1) is 0 Å². The number of urea groups is 1. The maximum atomic E-state index is 12.9. The monoisotopic (exact) mass is 522 g/mol. The van der Waals surface area contributed by atoms with Gasteiger partial charge in [-0.2, -0.15) is 0 Å². The number of sulfone groups is 1. The molecule has 0 spiro atoms. The van der Waals surface area contributed by atoms with Gasteiger partial charge in [-0.05, 0) is 54.8 Å². The van der Waals surface area contributed by atoms with Gasteiger partial charge in [0.05, 0.1) is 12.4 Å². The zero-order chi connectivity index (χ0) is 25.8. The molecular weight excluding hydrogens is 496 g/mol. The van der Waals surface area contributed by atoms with Crippen molar-refractivity contribution in [3.05, 3.63) is 58.6 Å². The summed E-state index contributed by atoms with van der Waals surface area (Å²) >= 11 is 5.88. The predicted molar refractivity (Wildman–Crippen MR) is 133 cm³/mol. The first-order valence-corrected chi connectivity index (χ1v) is 13.2. The van der Waals surface area contributed by atoms with Gasteiger partial charge >= 0.3 is 6.03 Å². The molecule has 0 unspecified atom stereocenters. The summed E-state index contributed by atoms with van der Waals surface area (Å²) in [7, 11) is -3.50. The number of ether oxygens (including phenoxy) is 1. The average Bonchev–Trinajstić information content (AvgIpc) is 2.78. The summed E-state index contributed by atoms with van der Waals surface area (Å²) < 4.78 is 29.1. The smallest absolute Gasteiger partial charge is 0.320 e. The number of nitrogens with two attached hydrogens (primary N) is 1. The summed E-state index contributed by atoms with van der Waals surface area (Å²) in [4.78, 5) is 39.5. The zero-order valence-corrected chi connectivity index (χ0v) is 20.9. The van der Waals surface area contributed by atoms with Crippen molar-refractivity contribution in [2.75, 3.05) is 42.0 Å². The molecule has 1 fully saturated rings. The molecule has 1 aliphatic heterocycles. The first-order valence-electron chi connectivity index (χ1n) is 10.7. The molecule has 12 heteroatoms. The normalized spacial score (nSPS) is 15.9. The Morgan fingerprint density at radius 2 is 1.89 bits per heavy atom. The van der Waals surface area contributed by atoms with Gasteiger partial charge < -0.3 is 26.0 Å². The summed E-state index contributed by atoms with van der Waals surface area (Å²) in [6.07, 6.45) is 0.745. The lowest BCUT2D eigenvalue weighted by molar-refractivity contribution is -0.126. The number of amides is 4. The van der Waals surface area contributed by atoms with Crippen LogP contribution in [0.2, 0.25) is 5.02 Å². The van der Waals surface area contributed by atoms with E-state index in [1.807, 2.05) is 0 Å². The van der Waals surface area contributed by atoms with Gasteiger partial charge in [-0.1, -0.05) is 23.7 Å². The van der Waals surface area contributed by atoms with E-state index >= 15 is 0 Å². The SMILES string of the molecule is Cc1cc([C@@](CCS(C)(=O)=O)(NC(=O)Nc2ccc(Cl)cc2)C(N)=O)ccc1N1CCOCC1=O. The Kier molecular flexibility index (Phi) is 8.04. The van der Waals surface area contributed by atoms with E-state index in [1.54, 1.807) is 54.3 Å². The Labute approximate surface area is 208 Å². The average molecular weight is 523 g/mol. The van der Waals surface area contributed by atoms with Gasteiger partial charge in [0.15, 0.2) is 0 Å². The van der Waals surface area contributed by atoms with E-state index in [-0.39, 0.29) is 18.9 Å². The van der Waals surface area contributed by atoms with Crippen LogP contribution < -0.4 is 21.3 Å². The molecule has 1 saturated heterocycles. The van der Waals surface area contributed by atoms with Crippen LogP contribution in [0.1, 0.15) is 17.5 Å². The van der Waals surface area contributed by atoms with Crippen molar-refractivity contribution in [2.45, 2.75) is 18.9 Å². The number of anilines is 2. The summed E-state index contributed by atoms with van der Waals surface area (Å²) in [5.41, 5.74) is 5.90. The molecule has 10 nitrogen and oxygen atoms in total. The van der Waals surface area contributed by atoms with E-state index in [4.69, 9.17) is 22.1 Å². The minimum atomic E-state index is -3.50. The van der Waals surface area contributed by atoms with Gasteiger partial charge in [-0.25, -0.2) is 13.2 Å². The standard InChI is InChI=1S/C23H27ClN4O6S/c1-15-13-16(3-8-19(15)28-10-11-34-14-20(28)29)23(21(25)30,9-12-35(2,32)33)27-22(31)26-18-6-4-17(24)5-7-18/h3-8,13H,9-12,14H2,1-2H3,(H2,25,30)(H2,26,27,31)/t23-/m1/s1. The number of morpholine rings is 1. The van der Waals surface area contributed by atoms with Crippen molar-refractivity contribution in [3.63, 3.8) is 0 Å². The molecule has 0 aliphatic carbocycles. The van der Waals surface area contributed by atoms with E-state index in [0.717, 1.165) is 6.26 Å². The van der Waals surface area contributed by atoms with Crippen LogP contribution in [0.15, 0.2) is 42.5 Å². The molecule has 35 heavy (non-hydrogen) atoms. The van der Waals surface area contributed by atoms with Crippen molar-refractivity contribution < 1.29 is 27.5 Å². The second-order valence-electron chi connectivity index (χ2n) is 8.33. The molecule has 2 aromatic carbocycles. The lowest BCUT2D eigenvalue weighted by Gasteiger charge is -2.34. The van der Waals surface area contributed by atoms with Gasteiger partial charge in [0.2, 0.25) is 5.91 Å². The molecule has 1 aliphatic rings. The maximum absolute atomic E-state index is 12.9. The number of halogens is 1. The molecule has 1 heterocycles. The third-order valence-corrected chi connectivity index (χ3v) is 6.86. The van der Waals surface area contributed by atoms with Crippen LogP contribution in [0.4, 0.5) is 16.2 Å². The minimum Gasteiger partial charge on any atom is -0.370 e. The number of primary amides is 1. The number of carbonyl (C=O) groups excluding carboxylic acids is 3. The molecular formula is C23H27ClN4O6S. The van der Waals surface area contributed by atoms with E-state index in [2.05, 4.69) is 10.6 Å². The van der Waals surface area contributed by atoms with Crippen LogP contribution in [0.5, 0.6) is 0 Å². The number of nitrogens with one attached hydrogen (secondary N) is 2. The Morgan fingerprint density at radius 1 is 1.20 bits per heavy atom. The Morgan fingerprint density at radius 3 is 2.46 bits per heavy atom. The Bertz CT molecular complexity index is 1240. The topological polar surface area (TPSA) is 148 Å². The lowest BCUT2D eigenvalue weighted by atomic mass is 9.85. The molecule has 0 aromatic heterocycles.